The van der Waals surface area contributed by atoms with Crippen molar-refractivity contribution in [3.8, 4) is 5.75 Å². The Bertz CT molecular complexity index is 1000. The average Bonchev–Trinajstić information content (AvgIpc) is 2.99. The number of ether oxygens (including phenoxy) is 1. The molecule has 1 saturated heterocycles. The zero-order chi connectivity index (χ0) is 21.3. The lowest BCUT2D eigenvalue weighted by Crippen LogP contribution is -2.39. The third-order valence-corrected chi connectivity index (χ3v) is 5.90. The third kappa shape index (κ3) is 3.70. The molecule has 2 amide bonds. The highest BCUT2D eigenvalue weighted by molar-refractivity contribution is 6.47. The van der Waals surface area contributed by atoms with Crippen molar-refractivity contribution < 1.29 is 14.3 Å². The van der Waals surface area contributed by atoms with Crippen LogP contribution in [0.4, 0.5) is 5.69 Å². The van der Waals surface area contributed by atoms with Crippen LogP contribution in [0.2, 0.25) is 5.02 Å². The maximum atomic E-state index is 13.5. The van der Waals surface area contributed by atoms with Gasteiger partial charge in [-0.15, -0.1) is 0 Å². The molecule has 0 aliphatic carbocycles. The second-order valence-electron chi connectivity index (χ2n) is 7.77. The molecular weight excluding hydrogens is 400 g/mol. The van der Waals surface area contributed by atoms with Crippen molar-refractivity contribution in [3.63, 3.8) is 0 Å². The van der Waals surface area contributed by atoms with E-state index in [9.17, 15) is 9.59 Å². The van der Waals surface area contributed by atoms with Gasteiger partial charge in [-0.3, -0.25) is 9.59 Å². The highest BCUT2D eigenvalue weighted by atomic mass is 35.5. The molecule has 0 aromatic heterocycles. The Hall–Kier alpha value is -2.79. The molecular formula is C24H25ClN2O3. The maximum absolute atomic E-state index is 13.5. The second kappa shape index (κ2) is 8.52. The Morgan fingerprint density at radius 1 is 1.07 bits per heavy atom. The number of anilines is 1. The van der Waals surface area contributed by atoms with Crippen LogP contribution in [0, 0.1) is 5.92 Å². The van der Waals surface area contributed by atoms with Crippen LogP contribution in [0.15, 0.2) is 54.2 Å². The van der Waals surface area contributed by atoms with E-state index in [2.05, 4.69) is 11.8 Å². The first kappa shape index (κ1) is 20.5. The van der Waals surface area contributed by atoms with E-state index in [4.69, 9.17) is 16.3 Å². The molecule has 4 rings (SSSR count). The second-order valence-corrected chi connectivity index (χ2v) is 8.18. The Kier molecular flexibility index (Phi) is 5.82. The van der Waals surface area contributed by atoms with Crippen LogP contribution in [0.5, 0.6) is 5.75 Å². The maximum Gasteiger partial charge on any atom is 0.282 e. The van der Waals surface area contributed by atoms with Gasteiger partial charge in [0.1, 0.15) is 11.4 Å². The first-order valence-electron chi connectivity index (χ1n) is 10.4. The van der Waals surface area contributed by atoms with Gasteiger partial charge >= 0.3 is 0 Å². The SMILES string of the molecule is CCOc1ccc(C2=C(N3CCCC(C)C3)C(=O)N(c3ccccc3Cl)C2=O)cc1. The standard InChI is InChI=1S/C24H25ClN2O3/c1-3-30-18-12-10-17(11-13-18)21-22(26-14-6-7-16(2)15-26)24(29)27(23(21)28)20-9-5-4-8-19(20)25/h4-5,8-13,16H,3,6-7,14-15H2,1-2H3. The van der Waals surface area contributed by atoms with Crippen LogP contribution in [-0.4, -0.2) is 36.4 Å². The van der Waals surface area contributed by atoms with Crippen LogP contribution < -0.4 is 9.64 Å². The molecule has 1 atom stereocenters. The summed E-state index contributed by atoms with van der Waals surface area (Å²) < 4.78 is 5.53. The van der Waals surface area contributed by atoms with Gasteiger partial charge in [0.05, 0.1) is 22.9 Å². The third-order valence-electron chi connectivity index (χ3n) is 5.58. The van der Waals surface area contributed by atoms with Crippen molar-refractivity contribution in [1.82, 2.24) is 4.90 Å². The molecule has 0 bridgehead atoms. The molecule has 2 aromatic carbocycles. The summed E-state index contributed by atoms with van der Waals surface area (Å²) in [7, 11) is 0. The van der Waals surface area contributed by atoms with E-state index in [0.717, 1.165) is 31.7 Å². The van der Waals surface area contributed by atoms with Crippen molar-refractivity contribution in [1.29, 1.82) is 0 Å². The number of rotatable bonds is 5. The van der Waals surface area contributed by atoms with Crippen LogP contribution >= 0.6 is 11.6 Å². The van der Waals surface area contributed by atoms with Crippen LogP contribution in [0.3, 0.4) is 0 Å². The van der Waals surface area contributed by atoms with E-state index in [-0.39, 0.29) is 11.8 Å². The van der Waals surface area contributed by atoms with Gasteiger partial charge < -0.3 is 9.64 Å². The summed E-state index contributed by atoms with van der Waals surface area (Å²) in [5, 5.41) is 0.374. The lowest BCUT2D eigenvalue weighted by atomic mass is 9.97. The van der Waals surface area contributed by atoms with Crippen molar-refractivity contribution in [2.75, 3.05) is 24.6 Å². The van der Waals surface area contributed by atoms with Crippen LogP contribution in [0.1, 0.15) is 32.3 Å². The molecule has 2 heterocycles. The number of halogens is 1. The molecule has 0 saturated carbocycles. The van der Waals surface area contributed by atoms with Gasteiger partial charge in [-0.05, 0) is 55.5 Å². The topological polar surface area (TPSA) is 49.9 Å². The summed E-state index contributed by atoms with van der Waals surface area (Å²) in [6.45, 7) is 6.18. The Morgan fingerprint density at radius 2 is 1.80 bits per heavy atom. The molecule has 2 aliphatic rings. The fraction of sp³-hybridized carbons (Fsp3) is 0.333. The molecule has 1 unspecified atom stereocenters. The number of para-hydroxylation sites is 1. The van der Waals surface area contributed by atoms with Crippen LogP contribution in [0.25, 0.3) is 5.57 Å². The van der Waals surface area contributed by atoms with Crippen LogP contribution in [-0.2, 0) is 9.59 Å². The number of carbonyl (C=O) groups is 2. The summed E-state index contributed by atoms with van der Waals surface area (Å²) in [6.07, 6.45) is 2.12. The van der Waals surface area contributed by atoms with E-state index in [0.29, 0.717) is 40.1 Å². The number of benzene rings is 2. The average molecular weight is 425 g/mol. The van der Waals surface area contributed by atoms with Gasteiger partial charge in [0.15, 0.2) is 0 Å². The molecule has 6 heteroatoms. The molecule has 2 aliphatic heterocycles. The number of nitrogens with zero attached hydrogens (tertiary/aromatic N) is 2. The molecule has 0 spiro atoms. The zero-order valence-corrected chi connectivity index (χ0v) is 18.0. The number of likely N-dealkylation sites (tertiary alicyclic amines) is 1. The summed E-state index contributed by atoms with van der Waals surface area (Å²) >= 11 is 6.35. The normalized spacial score (nSPS) is 19.6. The fourth-order valence-corrected chi connectivity index (χ4v) is 4.42. The van der Waals surface area contributed by atoms with Gasteiger partial charge in [-0.25, -0.2) is 4.90 Å². The number of piperidine rings is 1. The monoisotopic (exact) mass is 424 g/mol. The Balaban J connectivity index is 1.81. The lowest BCUT2D eigenvalue weighted by Gasteiger charge is -2.33. The fourth-order valence-electron chi connectivity index (χ4n) is 4.20. The van der Waals surface area contributed by atoms with E-state index in [1.807, 2.05) is 31.2 Å². The summed E-state index contributed by atoms with van der Waals surface area (Å²) in [5.41, 5.74) is 2.02. The number of hydrogen-bond donors (Lipinski definition) is 0. The summed E-state index contributed by atoms with van der Waals surface area (Å²) in [4.78, 5) is 30.4. The van der Waals surface area contributed by atoms with Gasteiger partial charge in [0.2, 0.25) is 0 Å². The summed E-state index contributed by atoms with van der Waals surface area (Å²) in [6, 6.07) is 14.3. The van der Waals surface area contributed by atoms with Gasteiger partial charge in [0, 0.05) is 13.1 Å². The zero-order valence-electron chi connectivity index (χ0n) is 17.2. The van der Waals surface area contributed by atoms with Crippen molar-refractivity contribution in [3.05, 3.63) is 64.8 Å². The Morgan fingerprint density at radius 3 is 2.47 bits per heavy atom. The van der Waals surface area contributed by atoms with Crippen molar-refractivity contribution >= 4 is 34.7 Å². The molecule has 0 N–H and O–H groups in total. The highest BCUT2D eigenvalue weighted by Gasteiger charge is 2.43. The van der Waals surface area contributed by atoms with E-state index in [1.165, 1.54) is 4.90 Å². The lowest BCUT2D eigenvalue weighted by molar-refractivity contribution is -0.120. The molecule has 0 radical (unpaired) electrons. The first-order chi connectivity index (χ1) is 14.5. The summed E-state index contributed by atoms with van der Waals surface area (Å²) in [5.74, 6) is 0.538. The molecule has 5 nitrogen and oxygen atoms in total. The number of carbonyl (C=O) groups excluding carboxylic acids is 2. The quantitative estimate of drug-likeness (QED) is 0.649. The van der Waals surface area contributed by atoms with Crippen molar-refractivity contribution in [2.24, 2.45) is 5.92 Å². The number of imide groups is 1. The first-order valence-corrected chi connectivity index (χ1v) is 10.7. The molecule has 1 fully saturated rings. The molecule has 2 aromatic rings. The van der Waals surface area contributed by atoms with Crippen molar-refractivity contribution in [2.45, 2.75) is 26.7 Å². The molecule has 156 valence electrons. The van der Waals surface area contributed by atoms with E-state index < -0.39 is 0 Å². The van der Waals surface area contributed by atoms with Gasteiger partial charge in [-0.1, -0.05) is 42.8 Å². The molecule has 30 heavy (non-hydrogen) atoms. The number of amides is 2. The predicted molar refractivity (Wildman–Crippen MR) is 118 cm³/mol. The minimum Gasteiger partial charge on any atom is -0.494 e. The predicted octanol–water partition coefficient (Wildman–Crippen LogP) is 4.76. The van der Waals surface area contributed by atoms with Gasteiger partial charge in [0.25, 0.3) is 11.8 Å². The van der Waals surface area contributed by atoms with Gasteiger partial charge in [-0.2, -0.15) is 0 Å². The number of hydrogen-bond acceptors (Lipinski definition) is 4. The smallest absolute Gasteiger partial charge is 0.282 e. The van der Waals surface area contributed by atoms with E-state index in [1.54, 1.807) is 24.3 Å². The Labute approximate surface area is 181 Å². The minimum absolute atomic E-state index is 0.314. The largest absolute Gasteiger partial charge is 0.494 e. The van der Waals surface area contributed by atoms with E-state index >= 15 is 0 Å². The minimum atomic E-state index is -0.342. The highest BCUT2D eigenvalue weighted by Crippen LogP contribution is 2.38.